The summed E-state index contributed by atoms with van der Waals surface area (Å²) in [6.07, 6.45) is 0.506. The van der Waals surface area contributed by atoms with E-state index in [0.29, 0.717) is 18.5 Å². The maximum atomic E-state index is 12.1. The lowest BCUT2D eigenvalue weighted by molar-refractivity contribution is -0.132. The number of amides is 1. The fourth-order valence-electron chi connectivity index (χ4n) is 2.45. The molecule has 21 heavy (non-hydrogen) atoms. The molecule has 1 aromatic rings. The fraction of sp³-hybridized carbons (Fsp3) is 0.500. The van der Waals surface area contributed by atoms with E-state index in [2.05, 4.69) is 23.2 Å². The van der Waals surface area contributed by atoms with E-state index in [4.69, 9.17) is 5.26 Å². The molecule has 0 saturated carbocycles. The zero-order valence-electron chi connectivity index (χ0n) is 12.5. The molecule has 1 fully saturated rings. The normalized spacial score (nSPS) is 15.5. The number of likely N-dealkylation sites (N-methyl/N-ethyl adjacent to an activating group) is 1. The molecule has 1 aliphatic heterocycles. The largest absolute Gasteiger partial charge is 0.385 e. The number of carbonyl (C=O) groups is 1. The van der Waals surface area contributed by atoms with Gasteiger partial charge >= 0.3 is 0 Å². The molecule has 2 rings (SSSR count). The summed E-state index contributed by atoms with van der Waals surface area (Å²) in [4.78, 5) is 16.4. The van der Waals surface area contributed by atoms with Gasteiger partial charge in [0.15, 0.2) is 0 Å². The van der Waals surface area contributed by atoms with Crippen LogP contribution in [0.25, 0.3) is 0 Å². The number of benzene rings is 1. The first-order valence-electron chi connectivity index (χ1n) is 7.47. The average Bonchev–Trinajstić information content (AvgIpc) is 2.55. The highest BCUT2D eigenvalue weighted by molar-refractivity contribution is 5.76. The third-order valence-corrected chi connectivity index (χ3v) is 3.85. The van der Waals surface area contributed by atoms with Crippen molar-refractivity contribution in [3.05, 3.63) is 29.8 Å². The fourth-order valence-corrected chi connectivity index (χ4v) is 2.45. The van der Waals surface area contributed by atoms with E-state index in [1.54, 1.807) is 12.1 Å². The summed E-state index contributed by atoms with van der Waals surface area (Å²) in [6.45, 7) is 7.46. The molecule has 1 N–H and O–H groups in total. The number of nitrogens with zero attached hydrogens (tertiary/aromatic N) is 3. The van der Waals surface area contributed by atoms with Crippen LogP contribution in [0.2, 0.25) is 0 Å². The summed E-state index contributed by atoms with van der Waals surface area (Å²) in [5, 5.41) is 12.0. The smallest absolute Gasteiger partial charge is 0.224 e. The van der Waals surface area contributed by atoms with Gasteiger partial charge in [-0.3, -0.25) is 4.79 Å². The molecule has 0 bridgehead atoms. The summed E-state index contributed by atoms with van der Waals surface area (Å²) in [6, 6.07) is 9.36. The predicted octanol–water partition coefficient (Wildman–Crippen LogP) is 1.52. The van der Waals surface area contributed by atoms with Gasteiger partial charge in [0.2, 0.25) is 5.91 Å². The van der Waals surface area contributed by atoms with E-state index in [9.17, 15) is 4.79 Å². The first-order chi connectivity index (χ1) is 10.2. The van der Waals surface area contributed by atoms with Crippen LogP contribution in [-0.2, 0) is 4.79 Å². The Morgan fingerprint density at radius 2 is 1.90 bits per heavy atom. The Kier molecular flexibility index (Phi) is 5.59. The van der Waals surface area contributed by atoms with Crippen molar-refractivity contribution in [3.63, 3.8) is 0 Å². The molecule has 0 radical (unpaired) electrons. The minimum Gasteiger partial charge on any atom is -0.385 e. The van der Waals surface area contributed by atoms with E-state index in [1.807, 2.05) is 17.0 Å². The number of carbonyl (C=O) groups excluding carboxylic acids is 1. The molecule has 1 amide bonds. The number of nitrogens with one attached hydrogen (secondary N) is 1. The van der Waals surface area contributed by atoms with Crippen LogP contribution in [0.3, 0.4) is 0 Å². The van der Waals surface area contributed by atoms with Crippen LogP contribution in [-0.4, -0.2) is 55.0 Å². The number of piperazine rings is 1. The molecular weight excluding hydrogens is 264 g/mol. The second-order valence-corrected chi connectivity index (χ2v) is 5.18. The van der Waals surface area contributed by atoms with Gasteiger partial charge in [0.05, 0.1) is 11.6 Å². The molecule has 1 saturated heterocycles. The van der Waals surface area contributed by atoms with Crippen LogP contribution in [0.1, 0.15) is 18.9 Å². The van der Waals surface area contributed by atoms with Crippen molar-refractivity contribution in [1.82, 2.24) is 9.80 Å². The van der Waals surface area contributed by atoms with Crippen LogP contribution in [0.5, 0.6) is 0 Å². The topological polar surface area (TPSA) is 59.4 Å². The van der Waals surface area contributed by atoms with Gasteiger partial charge in [-0.15, -0.1) is 0 Å². The Balaban J connectivity index is 1.70. The molecule has 0 aliphatic carbocycles. The van der Waals surface area contributed by atoms with Crippen LogP contribution < -0.4 is 5.32 Å². The molecule has 0 atom stereocenters. The molecule has 1 aliphatic rings. The predicted molar refractivity (Wildman–Crippen MR) is 83.0 cm³/mol. The summed E-state index contributed by atoms with van der Waals surface area (Å²) in [5.74, 6) is 0.215. The van der Waals surface area contributed by atoms with E-state index >= 15 is 0 Å². The van der Waals surface area contributed by atoms with Gasteiger partial charge in [-0.1, -0.05) is 6.92 Å². The molecule has 0 aromatic heterocycles. The Labute approximate surface area is 126 Å². The maximum absolute atomic E-state index is 12.1. The van der Waals surface area contributed by atoms with Crippen molar-refractivity contribution >= 4 is 11.6 Å². The standard InChI is InChI=1S/C16H22N4O/c1-2-19-9-11-20(12-10-19)16(21)7-8-18-15-5-3-14(13-17)4-6-15/h3-6,18H,2,7-12H2,1H3. The number of hydrogen-bond acceptors (Lipinski definition) is 4. The minimum atomic E-state index is 0.215. The van der Waals surface area contributed by atoms with E-state index in [-0.39, 0.29) is 5.91 Å². The highest BCUT2D eigenvalue weighted by atomic mass is 16.2. The maximum Gasteiger partial charge on any atom is 0.224 e. The molecule has 1 heterocycles. The summed E-state index contributed by atoms with van der Waals surface area (Å²) < 4.78 is 0. The van der Waals surface area contributed by atoms with Crippen molar-refractivity contribution in [3.8, 4) is 6.07 Å². The zero-order valence-corrected chi connectivity index (χ0v) is 12.5. The number of hydrogen-bond donors (Lipinski definition) is 1. The van der Waals surface area contributed by atoms with Gasteiger partial charge in [0.25, 0.3) is 0 Å². The first-order valence-corrected chi connectivity index (χ1v) is 7.47. The Morgan fingerprint density at radius 3 is 2.48 bits per heavy atom. The highest BCUT2D eigenvalue weighted by Crippen LogP contribution is 2.09. The zero-order chi connectivity index (χ0) is 15.1. The molecule has 5 nitrogen and oxygen atoms in total. The minimum absolute atomic E-state index is 0.215. The molecule has 0 spiro atoms. The average molecular weight is 286 g/mol. The van der Waals surface area contributed by atoms with Crippen molar-refractivity contribution in [2.45, 2.75) is 13.3 Å². The Hall–Kier alpha value is -2.06. The number of rotatable bonds is 5. The monoisotopic (exact) mass is 286 g/mol. The molecule has 112 valence electrons. The van der Waals surface area contributed by atoms with E-state index in [0.717, 1.165) is 38.4 Å². The van der Waals surface area contributed by atoms with Gasteiger partial charge < -0.3 is 15.1 Å². The van der Waals surface area contributed by atoms with Crippen molar-refractivity contribution in [2.24, 2.45) is 0 Å². The van der Waals surface area contributed by atoms with E-state index in [1.165, 1.54) is 0 Å². The number of nitriles is 1. The Bertz CT molecular complexity index is 498. The summed E-state index contributed by atoms with van der Waals surface area (Å²) in [7, 11) is 0. The second-order valence-electron chi connectivity index (χ2n) is 5.18. The van der Waals surface area contributed by atoms with Crippen LogP contribution >= 0.6 is 0 Å². The lowest BCUT2D eigenvalue weighted by atomic mass is 10.2. The lowest BCUT2D eigenvalue weighted by Crippen LogP contribution is -2.48. The van der Waals surface area contributed by atoms with E-state index < -0.39 is 0 Å². The second kappa shape index (κ2) is 7.65. The highest BCUT2D eigenvalue weighted by Gasteiger charge is 2.19. The first kappa shape index (κ1) is 15.3. The third-order valence-electron chi connectivity index (χ3n) is 3.85. The van der Waals surface area contributed by atoms with Crippen molar-refractivity contribution in [1.29, 1.82) is 5.26 Å². The van der Waals surface area contributed by atoms with Crippen molar-refractivity contribution in [2.75, 3.05) is 44.6 Å². The van der Waals surface area contributed by atoms with Crippen molar-refractivity contribution < 1.29 is 4.79 Å². The van der Waals surface area contributed by atoms with Crippen LogP contribution in [0.4, 0.5) is 5.69 Å². The lowest BCUT2D eigenvalue weighted by Gasteiger charge is -2.34. The molecule has 0 unspecified atom stereocenters. The van der Waals surface area contributed by atoms with Gasteiger partial charge in [-0.2, -0.15) is 5.26 Å². The summed E-state index contributed by atoms with van der Waals surface area (Å²) >= 11 is 0. The van der Waals surface area contributed by atoms with Gasteiger partial charge in [-0.25, -0.2) is 0 Å². The number of anilines is 1. The SMILES string of the molecule is CCN1CCN(C(=O)CCNc2ccc(C#N)cc2)CC1. The molecule has 5 heteroatoms. The summed E-state index contributed by atoms with van der Waals surface area (Å²) in [5.41, 5.74) is 1.59. The van der Waals surface area contributed by atoms with Crippen LogP contribution in [0, 0.1) is 11.3 Å². The van der Waals surface area contributed by atoms with Gasteiger partial charge in [-0.05, 0) is 30.8 Å². The van der Waals surface area contributed by atoms with Gasteiger partial charge in [0, 0.05) is 44.8 Å². The van der Waals surface area contributed by atoms with Gasteiger partial charge in [0.1, 0.15) is 0 Å². The third kappa shape index (κ3) is 4.47. The molecule has 1 aromatic carbocycles. The van der Waals surface area contributed by atoms with Crippen LogP contribution in [0.15, 0.2) is 24.3 Å². The Morgan fingerprint density at radius 1 is 1.24 bits per heavy atom. The molecular formula is C16H22N4O. The quantitative estimate of drug-likeness (QED) is 0.891.